The van der Waals surface area contributed by atoms with Crippen LogP contribution < -0.4 is 4.90 Å². The van der Waals surface area contributed by atoms with Gasteiger partial charge in [0.1, 0.15) is 17.5 Å². The van der Waals surface area contributed by atoms with Crippen LogP contribution in [0, 0.1) is 23.1 Å². The zero-order valence-electron chi connectivity index (χ0n) is 15.2. The number of piperidine rings is 1. The molecule has 2 saturated heterocycles. The van der Waals surface area contributed by atoms with E-state index in [1.807, 2.05) is 0 Å². The molecule has 6 heteroatoms. The van der Waals surface area contributed by atoms with Crippen molar-refractivity contribution in [3.8, 4) is 6.07 Å². The number of nitriles is 1. The molecule has 0 saturated carbocycles. The van der Waals surface area contributed by atoms with Crippen molar-refractivity contribution in [3.05, 3.63) is 41.9 Å². The van der Waals surface area contributed by atoms with Crippen LogP contribution in [0.5, 0.6) is 0 Å². The van der Waals surface area contributed by atoms with Crippen molar-refractivity contribution >= 4 is 11.6 Å². The van der Waals surface area contributed by atoms with Crippen LogP contribution >= 0.6 is 0 Å². The van der Waals surface area contributed by atoms with Crippen LogP contribution in [-0.2, 0) is 4.79 Å². The summed E-state index contributed by atoms with van der Waals surface area (Å²) in [6, 6.07) is 8.48. The Morgan fingerprint density at radius 3 is 2.31 bits per heavy atom. The van der Waals surface area contributed by atoms with Crippen molar-refractivity contribution in [1.82, 2.24) is 9.80 Å². The van der Waals surface area contributed by atoms with Crippen molar-refractivity contribution in [1.29, 1.82) is 5.26 Å². The van der Waals surface area contributed by atoms with E-state index in [0.717, 1.165) is 31.6 Å². The number of hydrogen-bond donors (Lipinski definition) is 0. The Kier molecular flexibility index (Phi) is 5.77. The molecule has 138 valence electrons. The Morgan fingerprint density at radius 2 is 1.73 bits per heavy atom. The van der Waals surface area contributed by atoms with E-state index in [2.05, 4.69) is 22.8 Å². The lowest BCUT2D eigenvalue weighted by atomic mass is 9.99. The summed E-state index contributed by atoms with van der Waals surface area (Å²) < 4.78 is 13.1. The van der Waals surface area contributed by atoms with Crippen molar-refractivity contribution in [3.63, 3.8) is 0 Å². The van der Waals surface area contributed by atoms with Crippen LogP contribution in [-0.4, -0.2) is 55.0 Å². The number of nitrogens with zero attached hydrogens (tertiary/aromatic N) is 4. The molecule has 1 aromatic rings. The number of carbonyl (C=O) groups excluding carboxylic acids is 1. The highest BCUT2D eigenvalue weighted by molar-refractivity contribution is 5.97. The summed E-state index contributed by atoms with van der Waals surface area (Å²) in [5.41, 5.74) is 1.17. The van der Waals surface area contributed by atoms with Crippen LogP contribution in [0.2, 0.25) is 0 Å². The zero-order valence-corrected chi connectivity index (χ0v) is 15.2. The number of amides is 1. The van der Waals surface area contributed by atoms with Crippen molar-refractivity contribution < 1.29 is 9.18 Å². The molecule has 2 heterocycles. The first-order valence-electron chi connectivity index (χ1n) is 9.22. The molecule has 0 unspecified atom stereocenters. The quantitative estimate of drug-likeness (QED) is 0.617. The van der Waals surface area contributed by atoms with Gasteiger partial charge in [0, 0.05) is 51.2 Å². The number of benzene rings is 1. The Bertz CT molecular complexity index is 694. The largest absolute Gasteiger partial charge is 0.376 e. The molecule has 0 aliphatic carbocycles. The average molecular weight is 356 g/mol. The maximum absolute atomic E-state index is 13.1. The Balaban J connectivity index is 1.58. The van der Waals surface area contributed by atoms with Crippen molar-refractivity contribution in [2.45, 2.75) is 19.8 Å². The van der Waals surface area contributed by atoms with Gasteiger partial charge in [0.15, 0.2) is 0 Å². The van der Waals surface area contributed by atoms with Gasteiger partial charge in [0.05, 0.1) is 0 Å². The lowest BCUT2D eigenvalue weighted by Gasteiger charge is -2.36. The lowest BCUT2D eigenvalue weighted by molar-refractivity contribution is -0.127. The summed E-state index contributed by atoms with van der Waals surface area (Å²) in [6.07, 6.45) is 3.93. The van der Waals surface area contributed by atoms with E-state index in [-0.39, 0.29) is 17.3 Å². The number of rotatable bonds is 3. The van der Waals surface area contributed by atoms with Gasteiger partial charge < -0.3 is 14.7 Å². The summed E-state index contributed by atoms with van der Waals surface area (Å²) in [6.45, 7) is 6.51. The highest BCUT2D eigenvalue weighted by Crippen LogP contribution is 2.19. The van der Waals surface area contributed by atoms with Gasteiger partial charge in [-0.15, -0.1) is 0 Å². The van der Waals surface area contributed by atoms with E-state index in [4.69, 9.17) is 0 Å². The number of halogens is 1. The number of likely N-dealkylation sites (tertiary alicyclic amines) is 1. The van der Waals surface area contributed by atoms with Gasteiger partial charge in [-0.05, 0) is 43.0 Å². The standard InChI is InChI=1S/C20H25FN4O/c1-16-6-8-23(9-7-16)15-17(14-22)20(26)25-12-10-24(11-13-25)19-4-2-18(21)3-5-19/h2-5,15-16H,6-13H2,1H3/b17-15-. The first kappa shape index (κ1) is 18.2. The van der Waals surface area contributed by atoms with Crippen molar-refractivity contribution in [2.24, 2.45) is 5.92 Å². The molecule has 1 amide bonds. The molecule has 0 N–H and O–H groups in total. The third kappa shape index (κ3) is 4.34. The molecule has 5 nitrogen and oxygen atoms in total. The van der Waals surface area contributed by atoms with Crippen LogP contribution in [0.15, 0.2) is 36.0 Å². The molecule has 0 spiro atoms. The molecule has 0 atom stereocenters. The highest BCUT2D eigenvalue weighted by atomic mass is 19.1. The second kappa shape index (κ2) is 8.22. The number of hydrogen-bond acceptors (Lipinski definition) is 4. The monoisotopic (exact) mass is 356 g/mol. The summed E-state index contributed by atoms with van der Waals surface area (Å²) in [5.74, 6) is 0.267. The predicted octanol–water partition coefficient (Wildman–Crippen LogP) is 2.61. The van der Waals surface area contributed by atoms with E-state index in [9.17, 15) is 14.4 Å². The van der Waals surface area contributed by atoms with Gasteiger partial charge in [0.2, 0.25) is 0 Å². The highest BCUT2D eigenvalue weighted by Gasteiger charge is 2.25. The SMILES string of the molecule is CC1CCN(/C=C(/C#N)C(=O)N2CCN(c3ccc(F)cc3)CC2)CC1. The summed E-state index contributed by atoms with van der Waals surface area (Å²) >= 11 is 0. The van der Waals surface area contributed by atoms with Crippen LogP contribution in [0.4, 0.5) is 10.1 Å². The van der Waals surface area contributed by atoms with Crippen LogP contribution in [0.1, 0.15) is 19.8 Å². The Hall–Kier alpha value is -2.55. The zero-order chi connectivity index (χ0) is 18.5. The fraction of sp³-hybridized carbons (Fsp3) is 0.500. The molecule has 2 aliphatic heterocycles. The minimum absolute atomic E-state index is 0.190. The smallest absolute Gasteiger partial charge is 0.266 e. The normalized spacial score (nSPS) is 19.4. The fourth-order valence-electron chi connectivity index (χ4n) is 3.46. The van der Waals surface area contributed by atoms with E-state index < -0.39 is 0 Å². The minimum atomic E-state index is -0.251. The molecule has 2 fully saturated rings. The third-order valence-corrected chi connectivity index (χ3v) is 5.24. The second-order valence-electron chi connectivity index (χ2n) is 7.13. The predicted molar refractivity (Wildman–Crippen MR) is 98.9 cm³/mol. The maximum atomic E-state index is 13.1. The van der Waals surface area contributed by atoms with Gasteiger partial charge in [-0.25, -0.2) is 4.39 Å². The van der Waals surface area contributed by atoms with Gasteiger partial charge in [-0.3, -0.25) is 4.79 Å². The molecule has 0 radical (unpaired) electrons. The number of anilines is 1. The number of carbonyl (C=O) groups is 1. The molecule has 3 rings (SSSR count). The van der Waals surface area contributed by atoms with Gasteiger partial charge in [0.25, 0.3) is 5.91 Å². The first-order valence-corrected chi connectivity index (χ1v) is 9.22. The minimum Gasteiger partial charge on any atom is -0.376 e. The number of piperazine rings is 1. The molecule has 0 bridgehead atoms. The average Bonchev–Trinajstić information content (AvgIpc) is 2.68. The van der Waals surface area contributed by atoms with E-state index in [0.29, 0.717) is 32.1 Å². The van der Waals surface area contributed by atoms with E-state index in [1.165, 1.54) is 12.1 Å². The van der Waals surface area contributed by atoms with Gasteiger partial charge in [-0.2, -0.15) is 5.26 Å². The first-order chi connectivity index (χ1) is 12.6. The topological polar surface area (TPSA) is 50.6 Å². The molecule has 1 aromatic carbocycles. The van der Waals surface area contributed by atoms with Gasteiger partial charge >= 0.3 is 0 Å². The molecular formula is C20H25FN4O. The van der Waals surface area contributed by atoms with Crippen molar-refractivity contribution in [2.75, 3.05) is 44.2 Å². The molecule has 26 heavy (non-hydrogen) atoms. The molecular weight excluding hydrogens is 331 g/mol. The second-order valence-corrected chi connectivity index (χ2v) is 7.13. The summed E-state index contributed by atoms with van der Waals surface area (Å²) in [7, 11) is 0. The molecule has 2 aliphatic rings. The van der Waals surface area contributed by atoms with Crippen LogP contribution in [0.25, 0.3) is 0 Å². The van der Waals surface area contributed by atoms with E-state index in [1.54, 1.807) is 23.2 Å². The fourth-order valence-corrected chi connectivity index (χ4v) is 3.46. The van der Waals surface area contributed by atoms with Crippen LogP contribution in [0.3, 0.4) is 0 Å². The van der Waals surface area contributed by atoms with E-state index >= 15 is 0 Å². The Morgan fingerprint density at radius 1 is 1.12 bits per heavy atom. The third-order valence-electron chi connectivity index (χ3n) is 5.24. The summed E-state index contributed by atoms with van der Waals surface area (Å²) in [5, 5.41) is 9.43. The maximum Gasteiger partial charge on any atom is 0.266 e. The molecule has 0 aromatic heterocycles. The van der Waals surface area contributed by atoms with Gasteiger partial charge in [-0.1, -0.05) is 6.92 Å². The Labute approximate surface area is 154 Å². The lowest BCUT2D eigenvalue weighted by Crippen LogP contribution is -2.49. The summed E-state index contributed by atoms with van der Waals surface area (Å²) in [4.78, 5) is 18.7.